The number of Topliss-reactive ketones (excluding diaryl/α,β-unsaturated/α-hetero) is 1. The molecule has 3 rings (SSSR count). The Kier molecular flexibility index (Phi) is 4.05. The molecule has 1 aromatic heterocycles. The molecule has 0 spiro atoms. The Morgan fingerprint density at radius 2 is 2.24 bits per heavy atom. The van der Waals surface area contributed by atoms with Crippen LogP contribution in [0.1, 0.15) is 17.3 Å². The van der Waals surface area contributed by atoms with E-state index in [1.54, 1.807) is 0 Å². The van der Waals surface area contributed by atoms with Gasteiger partial charge in [0.15, 0.2) is 5.78 Å². The fourth-order valence-electron chi connectivity index (χ4n) is 2.67. The van der Waals surface area contributed by atoms with Gasteiger partial charge in [0.2, 0.25) is 0 Å². The maximum Gasteiger partial charge on any atom is 0.180 e. The van der Waals surface area contributed by atoms with Crippen molar-refractivity contribution in [3.05, 3.63) is 36.1 Å². The molecule has 1 N–H and O–H groups in total. The first-order chi connectivity index (χ1) is 10.2. The summed E-state index contributed by atoms with van der Waals surface area (Å²) in [6, 6.07) is 7.69. The quantitative estimate of drug-likeness (QED) is 0.868. The van der Waals surface area contributed by atoms with Crippen LogP contribution in [0.4, 0.5) is 0 Å². The van der Waals surface area contributed by atoms with Crippen LogP contribution in [0.5, 0.6) is 0 Å². The van der Waals surface area contributed by atoms with Crippen LogP contribution in [0.25, 0.3) is 11.0 Å². The van der Waals surface area contributed by atoms with Crippen molar-refractivity contribution in [2.75, 3.05) is 26.3 Å². The number of hydrogen-bond acceptors (Lipinski definition) is 5. The van der Waals surface area contributed by atoms with Crippen LogP contribution in [0, 0.1) is 0 Å². The molecule has 0 radical (unpaired) electrons. The Labute approximate surface area is 123 Å². The second-order valence-electron chi connectivity index (χ2n) is 5.49. The predicted molar refractivity (Wildman–Crippen MR) is 78.4 cm³/mol. The molecule has 5 nitrogen and oxygen atoms in total. The summed E-state index contributed by atoms with van der Waals surface area (Å²) in [5, 5.41) is 10.1. The average molecular weight is 289 g/mol. The lowest BCUT2D eigenvalue weighted by Crippen LogP contribution is -2.51. The van der Waals surface area contributed by atoms with Crippen molar-refractivity contribution in [1.82, 2.24) is 4.90 Å². The zero-order chi connectivity index (χ0) is 14.8. The van der Waals surface area contributed by atoms with E-state index >= 15 is 0 Å². The lowest BCUT2D eigenvalue weighted by Gasteiger charge is -2.36. The number of morpholine rings is 1. The fourth-order valence-corrected chi connectivity index (χ4v) is 2.67. The monoisotopic (exact) mass is 289 g/mol. The molecule has 0 amide bonds. The Morgan fingerprint density at radius 3 is 3.05 bits per heavy atom. The first kappa shape index (κ1) is 14.3. The molecule has 112 valence electrons. The molecule has 2 atom stereocenters. The molecule has 0 bridgehead atoms. The highest BCUT2D eigenvalue weighted by Gasteiger charge is 2.28. The number of rotatable bonds is 4. The smallest absolute Gasteiger partial charge is 0.180 e. The minimum atomic E-state index is -0.213. The maximum absolute atomic E-state index is 12.5. The van der Waals surface area contributed by atoms with E-state index < -0.39 is 0 Å². The summed E-state index contributed by atoms with van der Waals surface area (Å²) in [6.07, 6.45) is 1.32. The van der Waals surface area contributed by atoms with Gasteiger partial charge in [-0.05, 0) is 13.0 Å². The van der Waals surface area contributed by atoms with Gasteiger partial charge in [-0.3, -0.25) is 9.69 Å². The van der Waals surface area contributed by atoms with E-state index in [4.69, 9.17) is 9.15 Å². The number of para-hydroxylation sites is 1. The van der Waals surface area contributed by atoms with Gasteiger partial charge in [0.05, 0.1) is 31.4 Å². The SMILES string of the molecule is CC1COC(CO)CN1CC(=O)c1coc2ccccc12. The number of ketones is 1. The van der Waals surface area contributed by atoms with Crippen LogP contribution >= 0.6 is 0 Å². The Bertz CT molecular complexity index is 636. The van der Waals surface area contributed by atoms with Gasteiger partial charge in [0.1, 0.15) is 11.8 Å². The van der Waals surface area contributed by atoms with Gasteiger partial charge >= 0.3 is 0 Å². The summed E-state index contributed by atoms with van der Waals surface area (Å²) >= 11 is 0. The molecule has 5 heteroatoms. The summed E-state index contributed by atoms with van der Waals surface area (Å²) < 4.78 is 10.9. The summed E-state index contributed by atoms with van der Waals surface area (Å²) in [7, 11) is 0. The van der Waals surface area contributed by atoms with Crippen LogP contribution in [0.3, 0.4) is 0 Å². The second kappa shape index (κ2) is 5.97. The zero-order valence-electron chi connectivity index (χ0n) is 12.0. The third-order valence-corrected chi connectivity index (χ3v) is 3.97. The number of carbonyl (C=O) groups is 1. The van der Waals surface area contributed by atoms with E-state index in [1.807, 2.05) is 31.2 Å². The Balaban J connectivity index is 1.76. The van der Waals surface area contributed by atoms with Crippen molar-refractivity contribution in [1.29, 1.82) is 0 Å². The first-order valence-corrected chi connectivity index (χ1v) is 7.15. The van der Waals surface area contributed by atoms with Crippen LogP contribution in [-0.2, 0) is 4.74 Å². The lowest BCUT2D eigenvalue weighted by molar-refractivity contribution is -0.0747. The number of furan rings is 1. The number of ether oxygens (including phenoxy) is 1. The van der Waals surface area contributed by atoms with E-state index in [0.717, 1.165) is 11.0 Å². The number of nitrogens with zero attached hydrogens (tertiary/aromatic N) is 1. The predicted octanol–water partition coefficient (Wildman–Crippen LogP) is 1.70. The molecule has 21 heavy (non-hydrogen) atoms. The van der Waals surface area contributed by atoms with Crippen LogP contribution < -0.4 is 0 Å². The fraction of sp³-hybridized carbons (Fsp3) is 0.438. The maximum atomic E-state index is 12.5. The van der Waals surface area contributed by atoms with Gasteiger partial charge < -0.3 is 14.3 Å². The highest BCUT2D eigenvalue weighted by molar-refractivity contribution is 6.08. The highest BCUT2D eigenvalue weighted by atomic mass is 16.5. The van der Waals surface area contributed by atoms with Gasteiger partial charge in [0, 0.05) is 18.0 Å². The van der Waals surface area contributed by atoms with Crippen molar-refractivity contribution in [2.45, 2.75) is 19.1 Å². The largest absolute Gasteiger partial charge is 0.464 e. The van der Waals surface area contributed by atoms with Crippen LogP contribution in [0.15, 0.2) is 34.9 Å². The van der Waals surface area contributed by atoms with Gasteiger partial charge in [0.25, 0.3) is 0 Å². The summed E-state index contributed by atoms with van der Waals surface area (Å²) in [5.41, 5.74) is 1.34. The normalized spacial score (nSPS) is 23.5. The molecule has 1 aromatic carbocycles. The molecular formula is C16H19NO4. The third kappa shape index (κ3) is 2.85. The Morgan fingerprint density at radius 1 is 1.43 bits per heavy atom. The summed E-state index contributed by atoms with van der Waals surface area (Å²) in [6.45, 7) is 3.41. The standard InChI is InChI=1S/C16H19NO4/c1-11-9-20-12(8-18)6-17(11)7-15(19)14-10-21-16-5-3-2-4-13(14)16/h2-5,10-12,18H,6-9H2,1H3. The number of carbonyl (C=O) groups excluding carboxylic acids is 1. The molecular weight excluding hydrogens is 270 g/mol. The van der Waals surface area contributed by atoms with Gasteiger partial charge in [-0.2, -0.15) is 0 Å². The van der Waals surface area contributed by atoms with Crippen molar-refractivity contribution in [2.24, 2.45) is 0 Å². The highest BCUT2D eigenvalue weighted by Crippen LogP contribution is 2.22. The number of fused-ring (bicyclic) bond motifs is 1. The van der Waals surface area contributed by atoms with Crippen LogP contribution in [-0.4, -0.2) is 54.2 Å². The second-order valence-corrected chi connectivity index (χ2v) is 5.49. The van der Waals surface area contributed by atoms with Crippen LogP contribution in [0.2, 0.25) is 0 Å². The minimum absolute atomic E-state index is 0.0218. The Hall–Kier alpha value is -1.69. The number of hydrogen-bond donors (Lipinski definition) is 1. The van der Waals surface area contributed by atoms with Crippen molar-refractivity contribution >= 4 is 16.8 Å². The lowest BCUT2D eigenvalue weighted by atomic mass is 10.1. The zero-order valence-corrected chi connectivity index (χ0v) is 12.0. The molecule has 0 saturated carbocycles. The average Bonchev–Trinajstić information content (AvgIpc) is 2.93. The molecule has 1 aliphatic heterocycles. The number of benzene rings is 1. The number of aliphatic hydroxyl groups is 1. The molecule has 1 saturated heterocycles. The van der Waals surface area contributed by atoms with Gasteiger partial charge in [-0.25, -0.2) is 0 Å². The molecule has 1 fully saturated rings. The number of aliphatic hydroxyl groups excluding tert-OH is 1. The minimum Gasteiger partial charge on any atom is -0.464 e. The third-order valence-electron chi connectivity index (χ3n) is 3.97. The molecule has 2 heterocycles. The van der Waals surface area contributed by atoms with E-state index in [9.17, 15) is 9.90 Å². The van der Waals surface area contributed by atoms with Crippen molar-refractivity contribution < 1.29 is 19.1 Å². The van der Waals surface area contributed by atoms with Crippen molar-refractivity contribution in [3.8, 4) is 0 Å². The van der Waals surface area contributed by atoms with E-state index in [1.165, 1.54) is 6.26 Å². The van der Waals surface area contributed by atoms with Gasteiger partial charge in [-0.1, -0.05) is 18.2 Å². The van der Waals surface area contributed by atoms with Crippen molar-refractivity contribution in [3.63, 3.8) is 0 Å². The molecule has 2 unspecified atom stereocenters. The molecule has 0 aliphatic carbocycles. The topological polar surface area (TPSA) is 62.9 Å². The summed E-state index contributed by atoms with van der Waals surface area (Å²) in [4.78, 5) is 14.6. The van der Waals surface area contributed by atoms with E-state index in [-0.39, 0.29) is 24.5 Å². The van der Waals surface area contributed by atoms with Gasteiger partial charge in [-0.15, -0.1) is 0 Å². The van der Waals surface area contributed by atoms with E-state index in [2.05, 4.69) is 4.90 Å². The molecule has 1 aliphatic rings. The van der Waals surface area contributed by atoms with E-state index in [0.29, 0.717) is 25.3 Å². The molecule has 2 aromatic rings. The first-order valence-electron chi connectivity index (χ1n) is 7.15. The summed E-state index contributed by atoms with van der Waals surface area (Å²) in [5.74, 6) is 0.0328.